The lowest BCUT2D eigenvalue weighted by Crippen LogP contribution is -2.48. The van der Waals surface area contributed by atoms with Gasteiger partial charge in [-0.15, -0.1) is 0 Å². The molecule has 2 amide bonds. The van der Waals surface area contributed by atoms with Crippen molar-refractivity contribution in [3.05, 3.63) is 70.6 Å². The molecule has 6 nitrogen and oxygen atoms in total. The molecule has 6 rings (SSSR count). The van der Waals surface area contributed by atoms with Crippen molar-refractivity contribution < 1.29 is 37.0 Å². The maximum atomic E-state index is 13.9. The molecule has 4 fully saturated rings. The number of methoxy groups -OCH3 is 1. The zero-order chi connectivity index (χ0) is 29.8. The van der Waals surface area contributed by atoms with Gasteiger partial charge in [-0.2, -0.15) is 13.2 Å². The van der Waals surface area contributed by atoms with Crippen LogP contribution in [0.1, 0.15) is 65.9 Å². The van der Waals surface area contributed by atoms with Crippen LogP contribution in [0.3, 0.4) is 0 Å². The number of aliphatic hydroxyl groups excluding tert-OH is 1. The number of ether oxygens (including phenoxy) is 1. The minimum Gasteiger partial charge on any atom is -0.496 e. The van der Waals surface area contributed by atoms with Gasteiger partial charge < -0.3 is 20.5 Å². The molecule has 4 saturated carbocycles. The lowest BCUT2D eigenvalue weighted by atomic mass is 9.71. The summed E-state index contributed by atoms with van der Waals surface area (Å²) >= 11 is 0. The highest BCUT2D eigenvalue weighted by Crippen LogP contribution is 2.54. The first-order valence-electron chi connectivity index (χ1n) is 14.6. The number of hydrogen-bond acceptors (Lipinski definition) is 4. The van der Waals surface area contributed by atoms with Crippen LogP contribution in [0.15, 0.2) is 48.0 Å². The third-order valence-corrected chi connectivity index (χ3v) is 9.52. The van der Waals surface area contributed by atoms with Gasteiger partial charge in [0, 0.05) is 24.3 Å². The lowest BCUT2D eigenvalue weighted by molar-refractivity contribution is -0.140. The van der Waals surface area contributed by atoms with E-state index in [1.54, 1.807) is 6.07 Å². The number of amides is 2. The Balaban J connectivity index is 1.27. The number of carbonyl (C=O) groups excluding carboxylic acids is 2. The van der Waals surface area contributed by atoms with E-state index in [0.717, 1.165) is 55.7 Å². The molecular formula is C32H34F4N2O4. The fourth-order valence-electron chi connectivity index (χ4n) is 7.15. The van der Waals surface area contributed by atoms with E-state index in [0.29, 0.717) is 29.4 Å². The molecule has 2 bridgehead atoms. The average molecular weight is 587 g/mol. The second-order valence-corrected chi connectivity index (χ2v) is 12.2. The van der Waals surface area contributed by atoms with E-state index >= 15 is 0 Å². The van der Waals surface area contributed by atoms with Gasteiger partial charge in [-0.25, -0.2) is 4.39 Å². The van der Waals surface area contributed by atoms with Crippen LogP contribution in [-0.2, 0) is 11.0 Å². The van der Waals surface area contributed by atoms with E-state index in [1.807, 2.05) is 12.1 Å². The molecule has 0 spiro atoms. The number of halogens is 4. The summed E-state index contributed by atoms with van der Waals surface area (Å²) in [5.41, 5.74) is 0.884. The van der Waals surface area contributed by atoms with Gasteiger partial charge in [0.1, 0.15) is 11.6 Å². The molecule has 10 heteroatoms. The van der Waals surface area contributed by atoms with E-state index in [-0.39, 0.29) is 41.9 Å². The molecule has 3 N–H and O–H groups in total. The molecule has 0 radical (unpaired) electrons. The number of allylic oxidation sites excluding steroid dienone is 1. The monoisotopic (exact) mass is 586 g/mol. The summed E-state index contributed by atoms with van der Waals surface area (Å²) in [6.45, 7) is 0.139. The van der Waals surface area contributed by atoms with Gasteiger partial charge in [0.15, 0.2) is 0 Å². The van der Waals surface area contributed by atoms with E-state index in [1.165, 1.54) is 7.11 Å². The summed E-state index contributed by atoms with van der Waals surface area (Å²) in [6.07, 6.45) is 2.71. The van der Waals surface area contributed by atoms with Crippen molar-refractivity contribution in [2.24, 2.45) is 29.6 Å². The largest absolute Gasteiger partial charge is 0.496 e. The number of rotatable bonds is 8. The number of fused-ring (bicyclic) bond motifs is 2. The average Bonchev–Trinajstić information content (AvgIpc) is 3.61. The first-order chi connectivity index (χ1) is 20.1. The maximum Gasteiger partial charge on any atom is 0.419 e. The van der Waals surface area contributed by atoms with Crippen molar-refractivity contribution in [2.45, 2.75) is 56.7 Å². The van der Waals surface area contributed by atoms with Crippen LogP contribution >= 0.6 is 0 Å². The molecule has 0 saturated heterocycles. The minimum absolute atomic E-state index is 0.0552. The third kappa shape index (κ3) is 5.41. The highest BCUT2D eigenvalue weighted by molar-refractivity contribution is 5.99. The van der Waals surface area contributed by atoms with Crippen LogP contribution in [0.4, 0.5) is 23.2 Å². The Bertz CT molecular complexity index is 1410. The van der Waals surface area contributed by atoms with Gasteiger partial charge in [-0.3, -0.25) is 9.59 Å². The Morgan fingerprint density at radius 2 is 1.79 bits per heavy atom. The highest BCUT2D eigenvalue weighted by Gasteiger charge is 2.55. The number of carbonyl (C=O) groups is 2. The number of nitrogens with one attached hydrogen (secondary N) is 2. The van der Waals surface area contributed by atoms with Gasteiger partial charge in [0.05, 0.1) is 24.2 Å². The number of anilines is 1. The second-order valence-electron chi connectivity index (χ2n) is 12.2. The second kappa shape index (κ2) is 11.0. The van der Waals surface area contributed by atoms with Crippen LogP contribution in [0, 0.1) is 35.4 Å². The standard InChI is InChI=1S/C32H34F4N2O4/c1-42-27-9-4-18(19-10-17(11-19)15-39)13-24(27)30(40)38-29-22-7-6-21(23(22)12-16-2-3-16)28(29)31(41)37-20-5-8-26(33)25(14-20)32(34,35)36/h4-5,8-9,12-14,16-17,19,21-22,28-29,39H,2-3,6-7,10-11,15H2,1H3,(H,37,41)(H,38,40)/b23-12-/t17?,19?,21-,22+,28-,29+/m0/s1. The zero-order valence-corrected chi connectivity index (χ0v) is 23.2. The van der Waals surface area contributed by atoms with E-state index in [9.17, 15) is 32.3 Å². The van der Waals surface area contributed by atoms with Gasteiger partial charge in [0.2, 0.25) is 5.91 Å². The summed E-state index contributed by atoms with van der Waals surface area (Å²) in [5.74, 6) is -1.82. The van der Waals surface area contributed by atoms with Crippen LogP contribution in [0.5, 0.6) is 5.75 Å². The first kappa shape index (κ1) is 28.7. The molecule has 2 aromatic carbocycles. The minimum atomic E-state index is -4.90. The van der Waals surface area contributed by atoms with Crippen molar-refractivity contribution >= 4 is 17.5 Å². The van der Waals surface area contributed by atoms with Gasteiger partial charge in [-0.1, -0.05) is 17.7 Å². The molecule has 0 aliphatic heterocycles. The third-order valence-electron chi connectivity index (χ3n) is 9.52. The summed E-state index contributed by atoms with van der Waals surface area (Å²) in [4.78, 5) is 27.5. The summed E-state index contributed by atoms with van der Waals surface area (Å²) in [6, 6.07) is 7.35. The summed E-state index contributed by atoms with van der Waals surface area (Å²) in [5, 5.41) is 15.1. The van der Waals surface area contributed by atoms with Crippen molar-refractivity contribution in [3.63, 3.8) is 0 Å². The Kier molecular flexibility index (Phi) is 7.53. The molecule has 4 aliphatic carbocycles. The quantitative estimate of drug-likeness (QED) is 0.259. The van der Waals surface area contributed by atoms with Crippen LogP contribution in [0.25, 0.3) is 0 Å². The Morgan fingerprint density at radius 3 is 2.45 bits per heavy atom. The normalized spacial score (nSPS) is 29.3. The van der Waals surface area contributed by atoms with Crippen LogP contribution in [0.2, 0.25) is 0 Å². The van der Waals surface area contributed by atoms with Gasteiger partial charge >= 0.3 is 6.18 Å². The maximum absolute atomic E-state index is 13.9. The fourth-order valence-corrected chi connectivity index (χ4v) is 7.15. The Labute approximate surface area is 241 Å². The van der Waals surface area contributed by atoms with Gasteiger partial charge in [-0.05, 0) is 98.1 Å². The molecular weight excluding hydrogens is 552 g/mol. The van der Waals surface area contributed by atoms with E-state index < -0.39 is 35.4 Å². The van der Waals surface area contributed by atoms with Crippen molar-refractivity contribution in [1.29, 1.82) is 0 Å². The van der Waals surface area contributed by atoms with E-state index in [2.05, 4.69) is 16.7 Å². The number of benzene rings is 2. The molecule has 0 aromatic heterocycles. The molecule has 4 atom stereocenters. The van der Waals surface area contributed by atoms with E-state index in [4.69, 9.17) is 4.74 Å². The van der Waals surface area contributed by atoms with Crippen molar-refractivity contribution in [1.82, 2.24) is 5.32 Å². The summed E-state index contributed by atoms with van der Waals surface area (Å²) < 4.78 is 59.3. The molecule has 42 heavy (non-hydrogen) atoms. The molecule has 224 valence electrons. The van der Waals surface area contributed by atoms with Crippen molar-refractivity contribution in [3.8, 4) is 5.75 Å². The predicted octanol–water partition coefficient (Wildman–Crippen LogP) is 6.07. The first-order valence-corrected chi connectivity index (χ1v) is 14.6. The Morgan fingerprint density at radius 1 is 1.05 bits per heavy atom. The number of alkyl halides is 3. The molecule has 4 aliphatic rings. The van der Waals surface area contributed by atoms with Crippen molar-refractivity contribution in [2.75, 3.05) is 19.0 Å². The molecule has 0 heterocycles. The van der Waals surface area contributed by atoms with Gasteiger partial charge in [0.25, 0.3) is 5.91 Å². The fraction of sp³-hybridized carbons (Fsp3) is 0.500. The number of aliphatic hydroxyl groups is 1. The smallest absolute Gasteiger partial charge is 0.419 e. The highest BCUT2D eigenvalue weighted by atomic mass is 19.4. The van der Waals surface area contributed by atoms with Crippen LogP contribution < -0.4 is 15.4 Å². The predicted molar refractivity (Wildman–Crippen MR) is 147 cm³/mol. The Hall–Kier alpha value is -3.40. The SMILES string of the molecule is COc1ccc(C2CC(CO)C2)cc1C(=O)N[C@H]1[C@@H](C(=O)Nc2ccc(F)c(C(F)(F)F)c2)[C@H]2CC[C@@H]1/C2=C\C1CC1. The molecule has 2 aromatic rings. The number of hydrogen-bond donors (Lipinski definition) is 3. The lowest BCUT2D eigenvalue weighted by Gasteiger charge is -2.35. The van der Waals surface area contributed by atoms with Crippen LogP contribution in [-0.4, -0.2) is 36.7 Å². The topological polar surface area (TPSA) is 87.7 Å². The zero-order valence-electron chi connectivity index (χ0n) is 23.2. The molecule has 0 unspecified atom stereocenters. The summed E-state index contributed by atoms with van der Waals surface area (Å²) in [7, 11) is 1.49.